The van der Waals surface area contributed by atoms with E-state index in [0.717, 1.165) is 122 Å². The average Bonchev–Trinajstić information content (AvgIpc) is 1.41. The molecule has 0 N–H and O–H groups in total. The number of fused-ring (bicyclic) bond motifs is 21. The van der Waals surface area contributed by atoms with Crippen LogP contribution in [0.15, 0.2) is 337 Å². The maximum atomic E-state index is 6.73. The van der Waals surface area contributed by atoms with E-state index in [9.17, 15) is 0 Å². The van der Waals surface area contributed by atoms with Crippen molar-refractivity contribution in [2.75, 3.05) is 0 Å². The lowest BCUT2D eigenvalue weighted by Gasteiger charge is -2.39. The van der Waals surface area contributed by atoms with Crippen molar-refractivity contribution in [3.63, 3.8) is 0 Å². The summed E-state index contributed by atoms with van der Waals surface area (Å²) in [5, 5.41) is 6.50. The van der Waals surface area contributed by atoms with Gasteiger partial charge in [0, 0.05) is 54.3 Å². The molecule has 0 fully saturated rings. The lowest BCUT2D eigenvalue weighted by molar-refractivity contribution is 0.436. The Morgan fingerprint density at radius 1 is 0.220 bits per heavy atom. The molecule has 0 unspecified atom stereocenters. The fraction of sp³-hybridized carbons (Fsp3) is 0.0217. The van der Waals surface area contributed by atoms with E-state index in [4.69, 9.17) is 34.6 Å². The molecule has 15 aromatic carbocycles. The summed E-state index contributed by atoms with van der Waals surface area (Å²) in [6, 6.07) is 118. The van der Waals surface area contributed by atoms with Crippen molar-refractivity contribution in [2.45, 2.75) is 20.6 Å². The molecule has 17 aromatic rings. The van der Waals surface area contributed by atoms with E-state index < -0.39 is 10.8 Å². The summed E-state index contributed by atoms with van der Waals surface area (Å²) >= 11 is 1.85. The molecule has 0 saturated heterocycles. The van der Waals surface area contributed by atoms with Gasteiger partial charge in [-0.2, -0.15) is 0 Å². The Morgan fingerprint density at radius 2 is 0.600 bits per heavy atom. The van der Waals surface area contributed by atoms with Gasteiger partial charge in [0.1, 0.15) is 11.5 Å². The molecule has 0 amide bonds. The Bertz CT molecular complexity index is 6250. The first-order chi connectivity index (χ1) is 49.5. The van der Waals surface area contributed by atoms with Gasteiger partial charge < -0.3 is 4.74 Å². The van der Waals surface area contributed by atoms with Gasteiger partial charge in [0.25, 0.3) is 0 Å². The minimum absolute atomic E-state index is 0.543. The third-order valence-corrected chi connectivity index (χ3v) is 22.2. The Morgan fingerprint density at radius 3 is 1.20 bits per heavy atom. The van der Waals surface area contributed by atoms with Crippen LogP contribution < -0.4 is 4.74 Å². The van der Waals surface area contributed by atoms with Crippen LogP contribution in [0.4, 0.5) is 0 Å². The topological polar surface area (TPSA) is 86.6 Å². The van der Waals surface area contributed by atoms with Gasteiger partial charge in [-0.05, 0) is 154 Å². The monoisotopic (exact) mass is 1290 g/mol. The third-order valence-electron chi connectivity index (χ3n) is 21.1. The molecule has 2 aromatic heterocycles. The number of benzene rings is 15. The molecule has 7 nitrogen and oxygen atoms in total. The second kappa shape index (κ2) is 21.9. The van der Waals surface area contributed by atoms with Crippen molar-refractivity contribution in [3.05, 3.63) is 372 Å². The van der Waals surface area contributed by atoms with Crippen molar-refractivity contribution in [3.8, 4) is 113 Å². The van der Waals surface area contributed by atoms with E-state index in [1.165, 1.54) is 43.2 Å². The zero-order valence-corrected chi connectivity index (χ0v) is 54.5. The first-order valence-electron chi connectivity index (χ1n) is 33.9. The van der Waals surface area contributed by atoms with Crippen LogP contribution in [0.2, 0.25) is 0 Å². The van der Waals surface area contributed by atoms with Crippen LogP contribution in [0.3, 0.4) is 0 Å². The molecular formula is C92H54N6OS. The first-order valence-corrected chi connectivity index (χ1v) is 34.7. The van der Waals surface area contributed by atoms with Crippen molar-refractivity contribution in [1.82, 2.24) is 29.9 Å². The Balaban J connectivity index is 0.706. The highest BCUT2D eigenvalue weighted by molar-refractivity contribution is 7.99. The average molecular weight is 1290 g/mol. The normalized spacial score (nSPS) is 13.6. The Hall–Kier alpha value is -12.8. The van der Waals surface area contributed by atoms with E-state index in [1.807, 2.05) is 30.0 Å². The van der Waals surface area contributed by atoms with Gasteiger partial charge in [-0.15, -0.1) is 0 Å². The summed E-state index contributed by atoms with van der Waals surface area (Å²) in [6.07, 6.45) is 0. The lowest BCUT2D eigenvalue weighted by Crippen LogP contribution is -2.32. The van der Waals surface area contributed by atoms with Crippen LogP contribution in [0, 0.1) is 0 Å². The summed E-state index contributed by atoms with van der Waals surface area (Å²) in [5.74, 6) is 5.27. The van der Waals surface area contributed by atoms with E-state index in [-0.39, 0.29) is 0 Å². The second-order valence-electron chi connectivity index (χ2n) is 26.3. The van der Waals surface area contributed by atoms with Gasteiger partial charge in [-0.25, -0.2) is 29.9 Å². The van der Waals surface area contributed by atoms with Gasteiger partial charge in [0.05, 0.1) is 10.8 Å². The number of para-hydroxylation sites is 2. The summed E-state index contributed by atoms with van der Waals surface area (Å²) in [6.45, 7) is 0. The largest absolute Gasteiger partial charge is 0.457 e. The molecule has 0 bridgehead atoms. The number of rotatable bonds is 7. The Labute approximate surface area is 580 Å². The van der Waals surface area contributed by atoms with Crippen LogP contribution in [0.1, 0.15) is 44.5 Å². The third kappa shape index (κ3) is 8.29. The molecule has 2 aliphatic carbocycles. The van der Waals surface area contributed by atoms with Crippen molar-refractivity contribution in [2.24, 2.45) is 0 Å². The smallest absolute Gasteiger partial charge is 0.164 e. The second-order valence-corrected chi connectivity index (χ2v) is 27.4. The highest BCUT2D eigenvalue weighted by Crippen LogP contribution is 2.65. The first kappa shape index (κ1) is 56.4. The van der Waals surface area contributed by atoms with Gasteiger partial charge >= 0.3 is 0 Å². The zero-order valence-electron chi connectivity index (χ0n) is 53.7. The highest BCUT2D eigenvalue weighted by Gasteiger charge is 2.53. The van der Waals surface area contributed by atoms with Crippen molar-refractivity contribution in [1.29, 1.82) is 0 Å². The fourth-order valence-electron chi connectivity index (χ4n) is 16.8. The van der Waals surface area contributed by atoms with Gasteiger partial charge in [0.2, 0.25) is 0 Å². The fourth-order valence-corrected chi connectivity index (χ4v) is 18.0. The maximum absolute atomic E-state index is 6.73. The molecule has 8 heteroatoms. The molecule has 0 radical (unpaired) electrons. The van der Waals surface area contributed by atoms with Crippen LogP contribution in [-0.2, 0) is 10.8 Å². The molecule has 0 atom stereocenters. The molecular weight excluding hydrogens is 1240 g/mol. The quantitative estimate of drug-likeness (QED) is 0.156. The summed E-state index contributed by atoms with van der Waals surface area (Å²) in [7, 11) is 0. The lowest BCUT2D eigenvalue weighted by atomic mass is 9.66. The van der Waals surface area contributed by atoms with Gasteiger partial charge in [-0.1, -0.05) is 285 Å². The molecule has 4 heterocycles. The summed E-state index contributed by atoms with van der Waals surface area (Å²) in [4.78, 5) is 35.4. The SMILES string of the molecule is c1ccc(-c2nc(-c3ccc4cc(-c5cc(-c6nc(-c7ccc8ccccc8c7)nc(-c7cccc8c7-c7ccccc7C87c8ccccc8Oc8ccccc87)n6)c6ccccc6c5)ccc4c3)nc(-c3cccc4c3-c3ccccc3C43c4ccccc4Sc4ccccc43)n2)cc1. The van der Waals surface area contributed by atoms with Crippen LogP contribution >= 0.6 is 11.8 Å². The molecule has 2 spiro atoms. The molecule has 0 saturated carbocycles. The standard InChI is InChI=1S/C92H54N6OS/c1-2-23-56(24-3-1)85-93-86(95-88(94-85)68-30-21-39-78-84(68)67-29-9-11-33-72(67)92(78)75-36-14-18-42-81(75)100-82-43-19-15-37-76(82)92)63-49-47-58-50-60(46-45-59(58)52-63)64-53-61-26-6-7-27-65(61)70(54-64)90-97-87(62-48-44-55-22-4-5-25-57(55)51-62)96-89(98-90)69-31-20-38-77-83(69)66-28-8-10-32-71(66)91(77)73-34-12-16-40-79(73)99-80-41-17-13-35-74(80)91/h1-54H. The maximum Gasteiger partial charge on any atom is 0.164 e. The molecule has 2 aliphatic heterocycles. The number of hydrogen-bond donors (Lipinski definition) is 0. The number of ether oxygens (including phenoxy) is 1. The van der Waals surface area contributed by atoms with Crippen LogP contribution in [-0.4, -0.2) is 29.9 Å². The summed E-state index contributed by atoms with van der Waals surface area (Å²) < 4.78 is 6.73. The van der Waals surface area contributed by atoms with E-state index in [1.54, 1.807) is 0 Å². The van der Waals surface area contributed by atoms with E-state index in [2.05, 4.69) is 309 Å². The molecule has 21 rings (SSSR count). The molecule has 464 valence electrons. The number of nitrogens with zero attached hydrogens (tertiary/aromatic N) is 6. The predicted molar refractivity (Wildman–Crippen MR) is 403 cm³/mol. The van der Waals surface area contributed by atoms with Gasteiger partial charge in [0.15, 0.2) is 34.9 Å². The Kier molecular flexibility index (Phi) is 12.3. The number of hydrogen-bond acceptors (Lipinski definition) is 8. The minimum atomic E-state index is -0.670. The van der Waals surface area contributed by atoms with Crippen molar-refractivity contribution < 1.29 is 4.74 Å². The summed E-state index contributed by atoms with van der Waals surface area (Å²) in [5.41, 5.74) is 20.5. The molecule has 100 heavy (non-hydrogen) atoms. The van der Waals surface area contributed by atoms with E-state index in [0.29, 0.717) is 34.9 Å². The van der Waals surface area contributed by atoms with Crippen LogP contribution in [0.5, 0.6) is 11.5 Å². The van der Waals surface area contributed by atoms with Gasteiger partial charge in [-0.3, -0.25) is 0 Å². The predicted octanol–water partition coefficient (Wildman–Crippen LogP) is 22.5. The minimum Gasteiger partial charge on any atom is -0.457 e. The highest BCUT2D eigenvalue weighted by atomic mass is 32.2. The van der Waals surface area contributed by atoms with Crippen LogP contribution in [0.25, 0.3) is 134 Å². The number of aromatic nitrogens is 6. The molecule has 4 aliphatic rings. The van der Waals surface area contributed by atoms with Crippen molar-refractivity contribution >= 4 is 44.1 Å². The van der Waals surface area contributed by atoms with E-state index >= 15 is 0 Å². The zero-order chi connectivity index (χ0) is 65.6.